The van der Waals surface area contributed by atoms with E-state index in [2.05, 4.69) is 22.3 Å². The van der Waals surface area contributed by atoms with E-state index in [0.29, 0.717) is 0 Å². The first-order valence-electron chi connectivity index (χ1n) is 8.86. The van der Waals surface area contributed by atoms with E-state index in [0.717, 1.165) is 40.4 Å². The minimum atomic E-state index is 0.748. The van der Waals surface area contributed by atoms with Crippen LogP contribution in [0.3, 0.4) is 0 Å². The van der Waals surface area contributed by atoms with Crippen molar-refractivity contribution >= 4 is 23.0 Å². The molecule has 2 aliphatic rings. The number of fused-ring (bicyclic) bond motifs is 2. The molecule has 2 heterocycles. The van der Waals surface area contributed by atoms with Gasteiger partial charge in [-0.2, -0.15) is 0 Å². The number of ether oxygens (including phenoxy) is 1. The van der Waals surface area contributed by atoms with Crippen molar-refractivity contribution in [1.29, 1.82) is 0 Å². The molecule has 0 radical (unpaired) electrons. The smallest absolute Gasteiger partial charge is 0.151 e. The van der Waals surface area contributed by atoms with Gasteiger partial charge in [-0.25, -0.2) is 0 Å². The van der Waals surface area contributed by atoms with Crippen molar-refractivity contribution in [2.45, 2.75) is 25.7 Å². The number of para-hydroxylation sites is 2. The molecule has 0 bridgehead atoms. The summed E-state index contributed by atoms with van der Waals surface area (Å²) in [5, 5.41) is 4.26. The molecule has 4 heteroatoms. The Morgan fingerprint density at radius 1 is 1.12 bits per heavy atom. The van der Waals surface area contributed by atoms with Gasteiger partial charge < -0.3 is 15.0 Å². The normalized spacial score (nSPS) is 19.4. The van der Waals surface area contributed by atoms with Crippen LogP contribution in [0.5, 0.6) is 11.5 Å². The zero-order valence-corrected chi connectivity index (χ0v) is 14.6. The monoisotopic (exact) mass is 342 g/mol. The SMILES string of the molecule is Clc1ccc2c(c1)N(CCC[C@@H]1CCCNC1)c1ccccc1O2. The fourth-order valence-corrected chi connectivity index (χ4v) is 3.92. The summed E-state index contributed by atoms with van der Waals surface area (Å²) < 4.78 is 6.05. The molecule has 2 aromatic carbocycles. The van der Waals surface area contributed by atoms with Crippen molar-refractivity contribution in [2.75, 3.05) is 24.5 Å². The third kappa shape index (κ3) is 3.24. The van der Waals surface area contributed by atoms with E-state index >= 15 is 0 Å². The third-order valence-electron chi connectivity index (χ3n) is 4.98. The third-order valence-corrected chi connectivity index (χ3v) is 5.22. The standard InChI is InChI=1S/C20H23ClN2O/c21-16-9-10-20-18(13-16)23(17-7-1-2-8-19(17)24-20)12-4-6-15-5-3-11-22-14-15/h1-2,7-10,13,15,22H,3-6,11-12,14H2/t15-/m0/s1. The summed E-state index contributed by atoms with van der Waals surface area (Å²) in [5.74, 6) is 2.62. The molecule has 126 valence electrons. The molecule has 4 rings (SSSR count). The van der Waals surface area contributed by atoms with Gasteiger partial charge in [0.1, 0.15) is 0 Å². The number of hydrogen-bond acceptors (Lipinski definition) is 3. The van der Waals surface area contributed by atoms with Crippen LogP contribution in [0, 0.1) is 5.92 Å². The van der Waals surface area contributed by atoms with E-state index in [1.807, 2.05) is 30.3 Å². The van der Waals surface area contributed by atoms with E-state index in [9.17, 15) is 0 Å². The molecular weight excluding hydrogens is 320 g/mol. The molecule has 24 heavy (non-hydrogen) atoms. The van der Waals surface area contributed by atoms with Crippen LogP contribution in [-0.2, 0) is 0 Å². The molecule has 0 unspecified atom stereocenters. The van der Waals surface area contributed by atoms with E-state index in [1.165, 1.54) is 38.8 Å². The van der Waals surface area contributed by atoms with Crippen LogP contribution >= 0.6 is 11.6 Å². The van der Waals surface area contributed by atoms with Crippen molar-refractivity contribution in [3.63, 3.8) is 0 Å². The van der Waals surface area contributed by atoms with Crippen LogP contribution in [-0.4, -0.2) is 19.6 Å². The number of halogens is 1. The van der Waals surface area contributed by atoms with Crippen LogP contribution in [0.2, 0.25) is 5.02 Å². The van der Waals surface area contributed by atoms with E-state index in [-0.39, 0.29) is 0 Å². The zero-order chi connectivity index (χ0) is 16.4. The molecule has 0 amide bonds. The lowest BCUT2D eigenvalue weighted by atomic mass is 9.94. The van der Waals surface area contributed by atoms with Crippen LogP contribution < -0.4 is 15.0 Å². The lowest BCUT2D eigenvalue weighted by Crippen LogP contribution is -2.30. The number of benzene rings is 2. The Morgan fingerprint density at radius 3 is 2.88 bits per heavy atom. The van der Waals surface area contributed by atoms with Gasteiger partial charge in [-0.3, -0.25) is 0 Å². The van der Waals surface area contributed by atoms with Gasteiger partial charge in [-0.05, 0) is 75.0 Å². The first-order valence-corrected chi connectivity index (χ1v) is 9.24. The minimum absolute atomic E-state index is 0.748. The molecule has 1 N–H and O–H groups in total. The van der Waals surface area contributed by atoms with Gasteiger partial charge in [0.25, 0.3) is 0 Å². The summed E-state index contributed by atoms with van der Waals surface area (Å²) in [4.78, 5) is 2.36. The van der Waals surface area contributed by atoms with Gasteiger partial charge in [0.2, 0.25) is 0 Å². The Morgan fingerprint density at radius 2 is 2.00 bits per heavy atom. The maximum atomic E-state index is 6.23. The van der Waals surface area contributed by atoms with Gasteiger partial charge >= 0.3 is 0 Å². The fourth-order valence-electron chi connectivity index (χ4n) is 3.75. The van der Waals surface area contributed by atoms with E-state index < -0.39 is 0 Å². The average molecular weight is 343 g/mol. The highest BCUT2D eigenvalue weighted by Gasteiger charge is 2.24. The number of nitrogens with zero attached hydrogens (tertiary/aromatic N) is 1. The maximum absolute atomic E-state index is 6.23. The summed E-state index contributed by atoms with van der Waals surface area (Å²) in [5.41, 5.74) is 2.21. The summed E-state index contributed by atoms with van der Waals surface area (Å²) in [6.07, 6.45) is 5.10. The van der Waals surface area contributed by atoms with Crippen LogP contribution in [0.4, 0.5) is 11.4 Å². The van der Waals surface area contributed by atoms with Crippen molar-refractivity contribution < 1.29 is 4.74 Å². The number of hydrogen-bond donors (Lipinski definition) is 1. The van der Waals surface area contributed by atoms with Crippen LogP contribution in [0.1, 0.15) is 25.7 Å². The van der Waals surface area contributed by atoms with Crippen molar-refractivity contribution in [1.82, 2.24) is 5.32 Å². The fraction of sp³-hybridized carbons (Fsp3) is 0.400. The van der Waals surface area contributed by atoms with Gasteiger partial charge in [0.05, 0.1) is 11.4 Å². The van der Waals surface area contributed by atoms with Crippen LogP contribution in [0.15, 0.2) is 42.5 Å². The molecule has 2 aliphatic heterocycles. The lowest BCUT2D eigenvalue weighted by molar-refractivity contribution is 0.352. The Kier molecular flexibility index (Phi) is 4.63. The van der Waals surface area contributed by atoms with E-state index in [4.69, 9.17) is 16.3 Å². The van der Waals surface area contributed by atoms with Gasteiger partial charge in [0, 0.05) is 11.6 Å². The van der Waals surface area contributed by atoms with Gasteiger partial charge in [0.15, 0.2) is 11.5 Å². The molecule has 3 nitrogen and oxygen atoms in total. The van der Waals surface area contributed by atoms with Crippen molar-refractivity contribution in [3.05, 3.63) is 47.5 Å². The first-order chi connectivity index (χ1) is 11.8. The molecule has 0 aromatic heterocycles. The molecule has 2 aromatic rings. The van der Waals surface area contributed by atoms with E-state index in [1.54, 1.807) is 0 Å². The predicted molar refractivity (Wildman–Crippen MR) is 99.8 cm³/mol. The highest BCUT2D eigenvalue weighted by Crippen LogP contribution is 2.47. The largest absolute Gasteiger partial charge is 0.453 e. The first kappa shape index (κ1) is 15.8. The van der Waals surface area contributed by atoms with Gasteiger partial charge in [-0.1, -0.05) is 23.7 Å². The molecule has 0 aliphatic carbocycles. The van der Waals surface area contributed by atoms with Gasteiger partial charge in [-0.15, -0.1) is 0 Å². The average Bonchev–Trinajstić information content (AvgIpc) is 2.62. The molecule has 0 saturated carbocycles. The molecule has 1 fully saturated rings. The topological polar surface area (TPSA) is 24.5 Å². The lowest BCUT2D eigenvalue weighted by Gasteiger charge is -2.33. The predicted octanol–water partition coefficient (Wildman–Crippen LogP) is 5.36. The highest BCUT2D eigenvalue weighted by atomic mass is 35.5. The number of nitrogens with one attached hydrogen (secondary N) is 1. The summed E-state index contributed by atoms with van der Waals surface area (Å²) in [7, 11) is 0. The Balaban J connectivity index is 1.53. The maximum Gasteiger partial charge on any atom is 0.151 e. The Bertz CT molecular complexity index is 713. The summed E-state index contributed by atoms with van der Waals surface area (Å²) in [6, 6.07) is 14.1. The van der Waals surface area contributed by atoms with Crippen molar-refractivity contribution in [3.8, 4) is 11.5 Å². The number of rotatable bonds is 4. The Hall–Kier alpha value is -1.71. The number of piperidine rings is 1. The molecule has 1 atom stereocenters. The summed E-state index contributed by atoms with van der Waals surface area (Å²) in [6.45, 7) is 3.34. The zero-order valence-electron chi connectivity index (χ0n) is 13.8. The quantitative estimate of drug-likeness (QED) is 0.809. The van der Waals surface area contributed by atoms with Crippen molar-refractivity contribution in [2.24, 2.45) is 5.92 Å². The highest BCUT2D eigenvalue weighted by molar-refractivity contribution is 6.31. The second kappa shape index (κ2) is 7.04. The second-order valence-electron chi connectivity index (χ2n) is 6.69. The second-order valence-corrected chi connectivity index (χ2v) is 7.12. The minimum Gasteiger partial charge on any atom is -0.453 e. The van der Waals surface area contributed by atoms with Crippen LogP contribution in [0.25, 0.3) is 0 Å². The molecule has 1 saturated heterocycles. The summed E-state index contributed by atoms with van der Waals surface area (Å²) >= 11 is 6.23. The Labute approximate surface area is 148 Å². The molecular formula is C20H23ClN2O. The molecule has 0 spiro atoms. The number of anilines is 2.